The summed E-state index contributed by atoms with van der Waals surface area (Å²) in [7, 11) is 0. The van der Waals surface area contributed by atoms with Crippen LogP contribution in [0.1, 0.15) is 0 Å². The number of benzene rings is 3. The van der Waals surface area contributed by atoms with Gasteiger partial charge in [-0.15, -0.1) is 0 Å². The van der Waals surface area contributed by atoms with E-state index in [1.54, 1.807) is 12.1 Å². The Labute approximate surface area is 148 Å². The zero-order valence-electron chi connectivity index (χ0n) is 13.2. The van der Waals surface area contributed by atoms with Crippen molar-refractivity contribution in [3.63, 3.8) is 0 Å². The minimum atomic E-state index is -0.292. The van der Waals surface area contributed by atoms with Crippen LogP contribution in [0.15, 0.2) is 93.4 Å². The van der Waals surface area contributed by atoms with Crippen LogP contribution in [0.25, 0.3) is 22.2 Å². The fraction of sp³-hybridized carbons (Fsp3) is 0. The van der Waals surface area contributed by atoms with Gasteiger partial charge in [0.2, 0.25) is 5.43 Å². The normalized spacial score (nSPS) is 10.9. The molecule has 0 saturated heterocycles. The van der Waals surface area contributed by atoms with Gasteiger partial charge < -0.3 is 4.98 Å². The third kappa shape index (κ3) is 3.08. The predicted octanol–water partition coefficient (Wildman–Crippen LogP) is 5.49. The van der Waals surface area contributed by atoms with E-state index in [2.05, 4.69) is 4.98 Å². The lowest BCUT2D eigenvalue weighted by Gasteiger charge is -2.11. The van der Waals surface area contributed by atoms with Crippen molar-refractivity contribution < 1.29 is 4.39 Å². The highest BCUT2D eigenvalue weighted by atomic mass is 32.2. The third-order valence-electron chi connectivity index (χ3n) is 3.96. The van der Waals surface area contributed by atoms with Crippen molar-refractivity contribution in [2.24, 2.45) is 0 Å². The zero-order valence-corrected chi connectivity index (χ0v) is 14.0. The fourth-order valence-corrected chi connectivity index (χ4v) is 3.72. The van der Waals surface area contributed by atoms with Gasteiger partial charge in [-0.1, -0.05) is 54.2 Å². The largest absolute Gasteiger partial charge is 0.353 e. The summed E-state index contributed by atoms with van der Waals surface area (Å²) in [4.78, 5) is 17.9. The van der Waals surface area contributed by atoms with E-state index in [0.717, 1.165) is 21.7 Å². The number of aromatic amines is 1. The molecule has 2 nitrogen and oxygen atoms in total. The van der Waals surface area contributed by atoms with Gasteiger partial charge in [0.1, 0.15) is 5.82 Å². The molecule has 4 aromatic rings. The molecule has 0 saturated carbocycles. The Bertz CT molecular complexity index is 1090. The highest BCUT2D eigenvalue weighted by molar-refractivity contribution is 7.99. The van der Waals surface area contributed by atoms with Crippen molar-refractivity contribution in [3.05, 3.63) is 94.9 Å². The van der Waals surface area contributed by atoms with E-state index in [0.29, 0.717) is 10.3 Å². The molecule has 4 rings (SSSR count). The fourth-order valence-electron chi connectivity index (χ4n) is 2.74. The summed E-state index contributed by atoms with van der Waals surface area (Å²) in [6.45, 7) is 0. The quantitative estimate of drug-likeness (QED) is 0.532. The van der Waals surface area contributed by atoms with Crippen LogP contribution in [0, 0.1) is 5.82 Å². The summed E-state index contributed by atoms with van der Waals surface area (Å²) in [6, 6.07) is 23.4. The minimum absolute atomic E-state index is 0.0254. The molecule has 25 heavy (non-hydrogen) atoms. The molecule has 0 amide bonds. The molecule has 0 spiro atoms. The van der Waals surface area contributed by atoms with Gasteiger partial charge in [-0.3, -0.25) is 4.79 Å². The molecule has 3 aromatic carbocycles. The van der Waals surface area contributed by atoms with E-state index < -0.39 is 0 Å². The number of H-pyrrole nitrogens is 1. The Hall–Kier alpha value is -2.85. The van der Waals surface area contributed by atoms with Gasteiger partial charge in [0, 0.05) is 15.8 Å². The first-order valence-electron chi connectivity index (χ1n) is 7.86. The van der Waals surface area contributed by atoms with Crippen molar-refractivity contribution in [2.45, 2.75) is 9.79 Å². The summed E-state index contributed by atoms with van der Waals surface area (Å²) in [5.41, 5.74) is 2.49. The van der Waals surface area contributed by atoms with Crippen LogP contribution in [0.5, 0.6) is 0 Å². The Kier molecular flexibility index (Phi) is 4.12. The average molecular weight is 347 g/mol. The van der Waals surface area contributed by atoms with Crippen molar-refractivity contribution in [1.29, 1.82) is 0 Å². The number of halogens is 1. The zero-order chi connectivity index (χ0) is 17.2. The van der Waals surface area contributed by atoms with Crippen LogP contribution in [0.2, 0.25) is 0 Å². The second-order valence-electron chi connectivity index (χ2n) is 5.63. The van der Waals surface area contributed by atoms with E-state index >= 15 is 0 Å². The lowest BCUT2D eigenvalue weighted by Crippen LogP contribution is -2.08. The number of pyridine rings is 1. The molecule has 0 aliphatic carbocycles. The Morgan fingerprint density at radius 1 is 0.800 bits per heavy atom. The molecule has 1 N–H and O–H groups in total. The second kappa shape index (κ2) is 6.57. The van der Waals surface area contributed by atoms with Crippen LogP contribution in [-0.2, 0) is 0 Å². The van der Waals surface area contributed by atoms with E-state index in [9.17, 15) is 9.18 Å². The molecule has 0 atom stereocenters. The first-order valence-corrected chi connectivity index (χ1v) is 8.68. The van der Waals surface area contributed by atoms with E-state index in [4.69, 9.17) is 0 Å². The van der Waals surface area contributed by atoms with Crippen molar-refractivity contribution >= 4 is 22.7 Å². The first-order chi connectivity index (χ1) is 12.2. The van der Waals surface area contributed by atoms with Crippen molar-refractivity contribution in [3.8, 4) is 11.3 Å². The molecule has 0 aliphatic heterocycles. The van der Waals surface area contributed by atoms with Crippen LogP contribution in [0.3, 0.4) is 0 Å². The number of hydrogen-bond donors (Lipinski definition) is 1. The third-order valence-corrected chi connectivity index (χ3v) is 5.06. The Balaban J connectivity index is 1.95. The summed E-state index contributed by atoms with van der Waals surface area (Å²) >= 11 is 1.35. The number of para-hydroxylation sites is 1. The van der Waals surface area contributed by atoms with E-state index in [-0.39, 0.29) is 11.2 Å². The van der Waals surface area contributed by atoms with Gasteiger partial charge in [-0.05, 0) is 42.0 Å². The number of fused-ring (bicyclic) bond motifs is 1. The lowest BCUT2D eigenvalue weighted by atomic mass is 10.1. The summed E-state index contributed by atoms with van der Waals surface area (Å²) < 4.78 is 13.2. The minimum Gasteiger partial charge on any atom is -0.353 e. The number of aromatic nitrogens is 1. The highest BCUT2D eigenvalue weighted by Crippen LogP contribution is 2.33. The maximum absolute atomic E-state index is 13.2. The molecular formula is C21H14FNOS. The maximum Gasteiger partial charge on any atom is 0.203 e. The van der Waals surface area contributed by atoms with Crippen LogP contribution < -0.4 is 5.43 Å². The maximum atomic E-state index is 13.2. The second-order valence-corrected chi connectivity index (χ2v) is 6.71. The van der Waals surface area contributed by atoms with Crippen LogP contribution in [0.4, 0.5) is 4.39 Å². The Morgan fingerprint density at radius 3 is 2.24 bits per heavy atom. The number of hydrogen-bond acceptors (Lipinski definition) is 2. The average Bonchev–Trinajstić information content (AvgIpc) is 2.66. The molecule has 0 bridgehead atoms. The molecule has 0 unspecified atom stereocenters. The molecule has 0 fully saturated rings. The molecule has 1 heterocycles. The van der Waals surface area contributed by atoms with Crippen molar-refractivity contribution in [1.82, 2.24) is 4.98 Å². The van der Waals surface area contributed by atoms with Gasteiger partial charge in [0.15, 0.2) is 0 Å². The van der Waals surface area contributed by atoms with E-state index in [1.165, 1.54) is 23.9 Å². The standard InChI is InChI=1S/C21H14FNOS/c22-15-10-12-16(13-11-15)25-21-19(14-6-2-1-3-7-14)23-18-9-5-4-8-17(18)20(21)24/h1-13H,(H,23,24). The summed E-state index contributed by atoms with van der Waals surface area (Å²) in [5.74, 6) is -0.292. The first kappa shape index (κ1) is 15.7. The van der Waals surface area contributed by atoms with Gasteiger partial charge in [-0.2, -0.15) is 0 Å². The molecule has 4 heteroatoms. The van der Waals surface area contributed by atoms with Gasteiger partial charge in [0.05, 0.1) is 10.6 Å². The molecule has 0 aliphatic rings. The monoisotopic (exact) mass is 347 g/mol. The predicted molar refractivity (Wildman–Crippen MR) is 101 cm³/mol. The SMILES string of the molecule is O=c1c(Sc2ccc(F)cc2)c(-c2ccccc2)[nH]c2ccccc12. The molecule has 0 radical (unpaired) electrons. The number of rotatable bonds is 3. The summed E-state index contributed by atoms with van der Waals surface area (Å²) in [6.07, 6.45) is 0. The lowest BCUT2D eigenvalue weighted by molar-refractivity contribution is 0.626. The smallest absolute Gasteiger partial charge is 0.203 e. The van der Waals surface area contributed by atoms with E-state index in [1.807, 2.05) is 54.6 Å². The Morgan fingerprint density at radius 2 is 1.48 bits per heavy atom. The summed E-state index contributed by atoms with van der Waals surface area (Å²) in [5, 5.41) is 0.645. The van der Waals surface area contributed by atoms with Gasteiger partial charge in [-0.25, -0.2) is 4.39 Å². The van der Waals surface area contributed by atoms with Gasteiger partial charge >= 0.3 is 0 Å². The molecule has 1 aromatic heterocycles. The number of nitrogens with one attached hydrogen (secondary N) is 1. The molecular weight excluding hydrogens is 333 g/mol. The van der Waals surface area contributed by atoms with Crippen LogP contribution in [-0.4, -0.2) is 4.98 Å². The van der Waals surface area contributed by atoms with Gasteiger partial charge in [0.25, 0.3) is 0 Å². The van der Waals surface area contributed by atoms with Crippen LogP contribution >= 0.6 is 11.8 Å². The molecule has 122 valence electrons. The van der Waals surface area contributed by atoms with Crippen molar-refractivity contribution in [2.75, 3.05) is 0 Å². The highest BCUT2D eigenvalue weighted by Gasteiger charge is 2.15. The topological polar surface area (TPSA) is 32.9 Å².